The van der Waals surface area contributed by atoms with Crippen molar-refractivity contribution in [2.45, 2.75) is 36.1 Å². The molecule has 0 radical (unpaired) electrons. The van der Waals surface area contributed by atoms with Gasteiger partial charge >= 0.3 is 0 Å². The molecule has 1 aromatic rings. The number of nitrogens with two attached hydrogens (primary N) is 1. The van der Waals surface area contributed by atoms with E-state index in [0.29, 0.717) is 12.8 Å². The third-order valence-corrected chi connectivity index (χ3v) is 4.98. The van der Waals surface area contributed by atoms with Gasteiger partial charge in [0.15, 0.2) is 0 Å². The van der Waals surface area contributed by atoms with Crippen molar-refractivity contribution < 1.29 is 17.9 Å². The second-order valence-corrected chi connectivity index (χ2v) is 6.65. The van der Waals surface area contributed by atoms with Crippen LogP contribution < -0.4 is 10.5 Å². The minimum atomic E-state index is -3.89. The molecule has 7 heteroatoms. The van der Waals surface area contributed by atoms with Crippen LogP contribution in [0.4, 0.5) is 10.1 Å². The summed E-state index contributed by atoms with van der Waals surface area (Å²) in [6.45, 7) is -0.267. The molecule has 1 aromatic carbocycles. The van der Waals surface area contributed by atoms with Crippen LogP contribution in [0.2, 0.25) is 0 Å². The average Bonchev–Trinajstić information content (AvgIpc) is 2.76. The topological polar surface area (TPSA) is 92.4 Å². The van der Waals surface area contributed by atoms with Crippen molar-refractivity contribution in [2.75, 3.05) is 12.3 Å². The number of hydrogen-bond acceptors (Lipinski definition) is 4. The normalized spacial score (nSPS) is 18.6. The number of anilines is 1. The number of benzene rings is 1. The molecule has 1 aliphatic rings. The number of halogens is 1. The van der Waals surface area contributed by atoms with E-state index in [4.69, 9.17) is 5.73 Å². The predicted molar refractivity (Wildman–Crippen MR) is 69.4 cm³/mol. The van der Waals surface area contributed by atoms with Gasteiger partial charge in [0.2, 0.25) is 10.0 Å². The van der Waals surface area contributed by atoms with Gasteiger partial charge in [0, 0.05) is 5.69 Å². The van der Waals surface area contributed by atoms with Crippen LogP contribution in [0.3, 0.4) is 0 Å². The summed E-state index contributed by atoms with van der Waals surface area (Å²) in [4.78, 5) is -0.218. The summed E-state index contributed by atoms with van der Waals surface area (Å²) in [5.41, 5.74) is 4.66. The Morgan fingerprint density at radius 3 is 2.47 bits per heavy atom. The first-order valence-corrected chi connectivity index (χ1v) is 7.56. The van der Waals surface area contributed by atoms with E-state index in [1.54, 1.807) is 0 Å². The van der Waals surface area contributed by atoms with Crippen LogP contribution in [0.25, 0.3) is 0 Å². The Morgan fingerprint density at radius 1 is 1.32 bits per heavy atom. The SMILES string of the molecule is Nc1cc(F)cc(S(=O)(=O)NC2(CO)CCCC2)c1. The number of rotatable bonds is 4. The van der Waals surface area contributed by atoms with E-state index in [0.717, 1.165) is 25.0 Å². The van der Waals surface area contributed by atoms with E-state index in [1.807, 2.05) is 0 Å². The molecule has 5 nitrogen and oxygen atoms in total. The Balaban J connectivity index is 2.32. The minimum absolute atomic E-state index is 0.0462. The van der Waals surface area contributed by atoms with Crippen LogP contribution in [-0.2, 0) is 10.0 Å². The van der Waals surface area contributed by atoms with E-state index < -0.39 is 21.4 Å². The minimum Gasteiger partial charge on any atom is -0.399 e. The Morgan fingerprint density at radius 2 is 1.95 bits per heavy atom. The van der Waals surface area contributed by atoms with Crippen LogP contribution in [-0.4, -0.2) is 25.7 Å². The van der Waals surface area contributed by atoms with E-state index in [2.05, 4.69) is 4.72 Å². The highest BCUT2D eigenvalue weighted by molar-refractivity contribution is 7.89. The molecule has 4 N–H and O–H groups in total. The molecule has 0 heterocycles. The zero-order valence-corrected chi connectivity index (χ0v) is 11.2. The maximum atomic E-state index is 13.2. The summed E-state index contributed by atoms with van der Waals surface area (Å²) in [6.07, 6.45) is 2.86. The number of hydrogen-bond donors (Lipinski definition) is 3. The van der Waals surface area contributed by atoms with Gasteiger partial charge in [-0.15, -0.1) is 0 Å². The van der Waals surface area contributed by atoms with Crippen molar-refractivity contribution >= 4 is 15.7 Å². The van der Waals surface area contributed by atoms with Gasteiger partial charge in [-0.1, -0.05) is 12.8 Å². The van der Waals surface area contributed by atoms with Gasteiger partial charge in [-0.3, -0.25) is 0 Å². The fourth-order valence-corrected chi connectivity index (χ4v) is 3.94. The zero-order chi connectivity index (χ0) is 14.1. The van der Waals surface area contributed by atoms with Gasteiger partial charge in [0.05, 0.1) is 17.0 Å². The number of aliphatic hydroxyl groups excluding tert-OH is 1. The number of sulfonamides is 1. The number of nitrogen functional groups attached to an aromatic ring is 1. The fraction of sp³-hybridized carbons (Fsp3) is 0.500. The smallest absolute Gasteiger partial charge is 0.241 e. The third-order valence-electron chi connectivity index (χ3n) is 3.42. The van der Waals surface area contributed by atoms with Crippen molar-refractivity contribution in [1.82, 2.24) is 4.72 Å². The third kappa shape index (κ3) is 3.05. The molecule has 106 valence electrons. The highest BCUT2D eigenvalue weighted by atomic mass is 32.2. The van der Waals surface area contributed by atoms with Crippen LogP contribution in [0.1, 0.15) is 25.7 Å². The quantitative estimate of drug-likeness (QED) is 0.720. The van der Waals surface area contributed by atoms with Crippen LogP contribution in [0, 0.1) is 5.82 Å². The van der Waals surface area contributed by atoms with Crippen molar-refractivity contribution in [1.29, 1.82) is 0 Å². The molecular weight excluding hydrogens is 271 g/mol. The lowest BCUT2D eigenvalue weighted by Gasteiger charge is -2.27. The van der Waals surface area contributed by atoms with Gasteiger partial charge in [-0.25, -0.2) is 17.5 Å². The molecule has 0 amide bonds. The second kappa shape index (κ2) is 5.07. The van der Waals surface area contributed by atoms with Gasteiger partial charge in [0.1, 0.15) is 5.82 Å². The van der Waals surface area contributed by atoms with Gasteiger partial charge in [-0.2, -0.15) is 0 Å². The second-order valence-electron chi connectivity index (χ2n) is 4.97. The Kier molecular flexibility index (Phi) is 3.80. The summed E-state index contributed by atoms with van der Waals surface area (Å²) in [5.74, 6) is -0.704. The van der Waals surface area contributed by atoms with E-state index in [9.17, 15) is 17.9 Å². The van der Waals surface area contributed by atoms with E-state index >= 15 is 0 Å². The lowest BCUT2D eigenvalue weighted by atomic mass is 10.0. The highest BCUT2D eigenvalue weighted by Crippen LogP contribution is 2.31. The summed E-state index contributed by atoms with van der Waals surface area (Å²) in [6, 6.07) is 3.17. The largest absolute Gasteiger partial charge is 0.399 e. The Bertz CT molecular complexity index is 548. The molecule has 1 saturated carbocycles. The number of aliphatic hydroxyl groups is 1. The van der Waals surface area contributed by atoms with Crippen molar-refractivity contribution in [3.63, 3.8) is 0 Å². The summed E-state index contributed by atoms with van der Waals surface area (Å²) >= 11 is 0. The molecule has 1 fully saturated rings. The lowest BCUT2D eigenvalue weighted by molar-refractivity contribution is 0.185. The van der Waals surface area contributed by atoms with Gasteiger partial charge in [0.25, 0.3) is 0 Å². The Hall–Kier alpha value is -1.18. The van der Waals surface area contributed by atoms with Crippen LogP contribution >= 0.6 is 0 Å². The summed E-state index contributed by atoms with van der Waals surface area (Å²) in [7, 11) is -3.89. The molecule has 19 heavy (non-hydrogen) atoms. The summed E-state index contributed by atoms with van der Waals surface area (Å²) in [5, 5.41) is 9.41. The van der Waals surface area contributed by atoms with E-state index in [-0.39, 0.29) is 17.2 Å². The molecule has 0 aromatic heterocycles. The Labute approximate surface area is 111 Å². The molecule has 0 atom stereocenters. The monoisotopic (exact) mass is 288 g/mol. The number of nitrogens with one attached hydrogen (secondary N) is 1. The first kappa shape index (κ1) is 14.2. The first-order valence-electron chi connectivity index (χ1n) is 6.08. The average molecular weight is 288 g/mol. The lowest BCUT2D eigenvalue weighted by Crippen LogP contribution is -2.49. The van der Waals surface area contributed by atoms with Crippen LogP contribution in [0.15, 0.2) is 23.1 Å². The molecule has 0 unspecified atom stereocenters. The first-order chi connectivity index (χ1) is 8.87. The van der Waals surface area contributed by atoms with Crippen molar-refractivity contribution in [3.05, 3.63) is 24.0 Å². The highest BCUT2D eigenvalue weighted by Gasteiger charge is 2.37. The molecular formula is C12H17FN2O3S. The maximum Gasteiger partial charge on any atom is 0.241 e. The molecule has 1 aliphatic carbocycles. The zero-order valence-electron chi connectivity index (χ0n) is 10.4. The molecule has 2 rings (SSSR count). The molecule has 0 bridgehead atoms. The standard InChI is InChI=1S/C12H17FN2O3S/c13-9-5-10(14)7-11(6-9)19(17,18)15-12(8-16)3-1-2-4-12/h5-7,15-16H,1-4,8,14H2. The predicted octanol–water partition coefficient (Wildman–Crippen LogP) is 0.991. The van der Waals surface area contributed by atoms with Crippen LogP contribution in [0.5, 0.6) is 0 Å². The molecule has 0 spiro atoms. The maximum absolute atomic E-state index is 13.2. The van der Waals surface area contributed by atoms with Crippen molar-refractivity contribution in [3.8, 4) is 0 Å². The van der Waals surface area contributed by atoms with E-state index in [1.165, 1.54) is 6.07 Å². The molecule has 0 aliphatic heterocycles. The fourth-order valence-electron chi connectivity index (χ4n) is 2.43. The van der Waals surface area contributed by atoms with Crippen molar-refractivity contribution in [2.24, 2.45) is 0 Å². The molecule has 0 saturated heterocycles. The van der Waals surface area contributed by atoms with Gasteiger partial charge < -0.3 is 10.8 Å². The summed E-state index contributed by atoms with van der Waals surface area (Å²) < 4.78 is 40.1. The van der Waals surface area contributed by atoms with Gasteiger partial charge in [-0.05, 0) is 31.0 Å².